The summed E-state index contributed by atoms with van der Waals surface area (Å²) in [6.45, 7) is 14.0. The lowest BCUT2D eigenvalue weighted by atomic mass is 10.0. The number of allylic oxidation sites excluding steroid dienone is 1. The molecule has 4 aliphatic heterocycles. The fraction of sp³-hybridized carbons (Fsp3) is 0.511. The number of carbonyl (C=O) groups excluding carboxylic acids is 3. The second-order valence-electron chi connectivity index (χ2n) is 17.2. The average molecular weight is 816 g/mol. The highest BCUT2D eigenvalue weighted by Crippen LogP contribution is 2.38. The van der Waals surface area contributed by atoms with E-state index in [-0.39, 0.29) is 23.8 Å². The van der Waals surface area contributed by atoms with E-state index < -0.39 is 6.04 Å². The minimum Gasteiger partial charge on any atom is -0.496 e. The first kappa shape index (κ1) is 39.9. The van der Waals surface area contributed by atoms with Gasteiger partial charge in [-0.15, -0.1) is 0 Å². The molecule has 4 aromatic rings. The molecule has 3 amide bonds. The fourth-order valence-electron chi connectivity index (χ4n) is 9.75. The molecule has 5 aliphatic rings. The number of anilines is 2. The second kappa shape index (κ2) is 16.8. The Hall–Kier alpha value is -5.54. The molecule has 4 fully saturated rings. The zero-order chi connectivity index (χ0) is 41.5. The molecule has 0 radical (unpaired) electrons. The molecule has 3 saturated heterocycles. The van der Waals surface area contributed by atoms with Gasteiger partial charge in [0.2, 0.25) is 5.91 Å². The minimum absolute atomic E-state index is 0.00127. The van der Waals surface area contributed by atoms with Gasteiger partial charge in [0.25, 0.3) is 11.8 Å². The van der Waals surface area contributed by atoms with Crippen molar-refractivity contribution in [1.29, 1.82) is 0 Å². The molecule has 1 saturated carbocycles. The Labute approximate surface area is 352 Å². The molecular weight excluding hydrogens is 759 g/mol. The van der Waals surface area contributed by atoms with Crippen LogP contribution in [0.25, 0.3) is 11.0 Å². The first-order valence-corrected chi connectivity index (χ1v) is 21.6. The van der Waals surface area contributed by atoms with Crippen molar-refractivity contribution in [3.63, 3.8) is 0 Å². The summed E-state index contributed by atoms with van der Waals surface area (Å²) in [6, 6.07) is 10.1. The van der Waals surface area contributed by atoms with Crippen LogP contribution in [0.4, 0.5) is 11.4 Å². The molecule has 1 aromatic carbocycles. The van der Waals surface area contributed by atoms with Gasteiger partial charge in [0, 0.05) is 127 Å². The maximum atomic E-state index is 13.5. The highest BCUT2D eigenvalue weighted by atomic mass is 16.5. The summed E-state index contributed by atoms with van der Waals surface area (Å²) >= 11 is 0. The number of ether oxygens (including phenoxy) is 1. The van der Waals surface area contributed by atoms with E-state index in [0.29, 0.717) is 54.3 Å². The van der Waals surface area contributed by atoms with Gasteiger partial charge in [-0.2, -0.15) is 0 Å². The number of hydrogen-bond donors (Lipinski definition) is 1. The van der Waals surface area contributed by atoms with Crippen LogP contribution in [-0.2, 0) is 17.8 Å². The van der Waals surface area contributed by atoms with Crippen LogP contribution >= 0.6 is 0 Å². The van der Waals surface area contributed by atoms with E-state index in [4.69, 9.17) is 14.7 Å². The summed E-state index contributed by atoms with van der Waals surface area (Å²) in [5.74, 6) is 0.987. The third kappa shape index (κ3) is 7.92. The quantitative estimate of drug-likeness (QED) is 0.236. The Balaban J connectivity index is 0.747. The van der Waals surface area contributed by atoms with Crippen LogP contribution in [0.2, 0.25) is 0 Å². The number of pyridine rings is 1. The van der Waals surface area contributed by atoms with E-state index in [2.05, 4.69) is 59.2 Å². The van der Waals surface area contributed by atoms with Crippen molar-refractivity contribution in [2.24, 2.45) is 0 Å². The van der Waals surface area contributed by atoms with Crippen LogP contribution in [0.3, 0.4) is 0 Å². The Morgan fingerprint density at radius 2 is 1.58 bits per heavy atom. The SMILES string of the molecule is C=C1CCC(N2Cc3cc(N4CCN(CCN5CCN(c6ccc(Cc7ncc8cc(C(=O)N(C)C)n(C9CCCC9)c8n7)nc6)CC5)CC4)cc(OC)c3C2=O)C(=O)N1. The van der Waals surface area contributed by atoms with E-state index >= 15 is 0 Å². The number of carbonyl (C=O) groups is 3. The molecule has 7 heterocycles. The summed E-state index contributed by atoms with van der Waals surface area (Å²) < 4.78 is 7.91. The first-order chi connectivity index (χ1) is 29.1. The number of hydrogen-bond acceptors (Lipinski definition) is 11. The zero-order valence-electron chi connectivity index (χ0n) is 35.2. The van der Waals surface area contributed by atoms with Gasteiger partial charge in [-0.05, 0) is 55.5 Å². The van der Waals surface area contributed by atoms with Crippen molar-refractivity contribution < 1.29 is 19.1 Å². The van der Waals surface area contributed by atoms with E-state index in [1.54, 1.807) is 31.0 Å². The van der Waals surface area contributed by atoms with Crippen molar-refractivity contribution in [2.75, 3.05) is 96.5 Å². The van der Waals surface area contributed by atoms with Crippen LogP contribution < -0.4 is 19.9 Å². The summed E-state index contributed by atoms with van der Waals surface area (Å²) in [6.07, 6.45) is 10.1. The minimum atomic E-state index is -0.494. The molecule has 1 aliphatic carbocycles. The number of amides is 3. The Kier molecular flexibility index (Phi) is 11.2. The lowest BCUT2D eigenvalue weighted by Gasteiger charge is -2.39. The third-order valence-electron chi connectivity index (χ3n) is 13.2. The van der Waals surface area contributed by atoms with Crippen LogP contribution in [0.1, 0.15) is 82.5 Å². The third-order valence-corrected chi connectivity index (χ3v) is 13.2. The van der Waals surface area contributed by atoms with E-state index in [0.717, 1.165) is 112 Å². The fourth-order valence-corrected chi connectivity index (χ4v) is 9.75. The molecule has 15 nitrogen and oxygen atoms in total. The van der Waals surface area contributed by atoms with Crippen molar-refractivity contribution in [2.45, 2.75) is 63.6 Å². The van der Waals surface area contributed by atoms with E-state index in [1.807, 2.05) is 24.5 Å². The van der Waals surface area contributed by atoms with Gasteiger partial charge in [-0.25, -0.2) is 9.97 Å². The molecule has 0 spiro atoms. The Morgan fingerprint density at radius 3 is 2.22 bits per heavy atom. The van der Waals surface area contributed by atoms with Crippen LogP contribution in [0.5, 0.6) is 5.75 Å². The topological polar surface area (TPSA) is 136 Å². The molecule has 60 heavy (non-hydrogen) atoms. The number of fused-ring (bicyclic) bond motifs is 2. The predicted octanol–water partition coefficient (Wildman–Crippen LogP) is 3.93. The molecule has 15 heteroatoms. The maximum absolute atomic E-state index is 13.5. The summed E-state index contributed by atoms with van der Waals surface area (Å²) in [5, 5.41) is 3.73. The molecule has 3 aromatic heterocycles. The lowest BCUT2D eigenvalue weighted by molar-refractivity contribution is -0.126. The average Bonchev–Trinajstić information content (AvgIpc) is 4.01. The molecular formula is C45H57N11O4. The number of piperazine rings is 2. The van der Waals surface area contributed by atoms with E-state index in [1.165, 1.54) is 12.8 Å². The van der Waals surface area contributed by atoms with Gasteiger partial charge in [0.1, 0.15) is 29.0 Å². The summed E-state index contributed by atoms with van der Waals surface area (Å²) in [7, 11) is 5.21. The van der Waals surface area contributed by atoms with Crippen molar-refractivity contribution in [1.82, 2.24) is 44.4 Å². The van der Waals surface area contributed by atoms with Gasteiger partial charge in [0.15, 0.2) is 0 Å². The lowest BCUT2D eigenvalue weighted by Crippen LogP contribution is -2.51. The largest absolute Gasteiger partial charge is 0.496 e. The van der Waals surface area contributed by atoms with Crippen LogP contribution in [0.15, 0.2) is 55.0 Å². The van der Waals surface area contributed by atoms with Gasteiger partial charge in [-0.3, -0.25) is 29.2 Å². The number of nitrogens with one attached hydrogen (secondary N) is 1. The first-order valence-electron chi connectivity index (χ1n) is 21.6. The number of rotatable bonds is 11. The van der Waals surface area contributed by atoms with Gasteiger partial charge < -0.3 is 34.2 Å². The molecule has 9 rings (SSSR count). The molecule has 316 valence electrons. The normalized spacial score (nSPS) is 20.6. The highest BCUT2D eigenvalue weighted by Gasteiger charge is 2.40. The standard InChI is InChI=1S/C45H57N11O4/c1-30-9-12-37(43(57)48-30)55-29-32-23-36(26-39(60-4)41(32)45(55)59)54-21-17-52(18-22-54)14-13-51-15-19-53(20-16-51)35-11-10-33(46-28-35)25-40-47-27-31-24-38(44(58)50(2)3)56(42(31)49-40)34-7-5-6-8-34/h10-11,23-24,26-28,34,37H,1,5-9,12-22,25,29H2,2-4H3,(H,48,57). The Bertz CT molecular complexity index is 2270. The molecule has 1 unspecified atom stereocenters. The maximum Gasteiger partial charge on any atom is 0.270 e. The number of methoxy groups -OCH3 is 1. The van der Waals surface area contributed by atoms with Crippen molar-refractivity contribution >= 4 is 40.1 Å². The van der Waals surface area contributed by atoms with Gasteiger partial charge in [0.05, 0.1) is 31.0 Å². The number of nitrogens with zero attached hydrogens (tertiary/aromatic N) is 10. The number of piperidine rings is 1. The van der Waals surface area contributed by atoms with Crippen LogP contribution in [0, 0.1) is 0 Å². The molecule has 1 atom stereocenters. The van der Waals surface area contributed by atoms with Crippen molar-refractivity contribution in [3.05, 3.63) is 83.3 Å². The Morgan fingerprint density at radius 1 is 0.883 bits per heavy atom. The number of benzene rings is 1. The number of aromatic nitrogens is 4. The summed E-state index contributed by atoms with van der Waals surface area (Å²) in [5.41, 5.74) is 6.86. The highest BCUT2D eigenvalue weighted by molar-refractivity contribution is 6.04. The van der Waals surface area contributed by atoms with Gasteiger partial charge in [-0.1, -0.05) is 19.4 Å². The van der Waals surface area contributed by atoms with Crippen molar-refractivity contribution in [3.8, 4) is 5.75 Å². The van der Waals surface area contributed by atoms with E-state index in [9.17, 15) is 14.4 Å². The van der Waals surface area contributed by atoms with Crippen LogP contribution in [-0.4, -0.2) is 150 Å². The van der Waals surface area contributed by atoms with Gasteiger partial charge >= 0.3 is 0 Å². The molecule has 1 N–H and O–H groups in total. The summed E-state index contributed by atoms with van der Waals surface area (Å²) in [4.78, 5) is 67.1. The second-order valence-corrected chi connectivity index (χ2v) is 17.2. The monoisotopic (exact) mass is 815 g/mol. The smallest absolute Gasteiger partial charge is 0.270 e. The molecule has 0 bridgehead atoms. The zero-order valence-corrected chi connectivity index (χ0v) is 35.2. The predicted molar refractivity (Wildman–Crippen MR) is 231 cm³/mol.